The van der Waals surface area contributed by atoms with Crippen LogP contribution < -0.4 is 10.6 Å². The first kappa shape index (κ1) is 18.7. The number of hydrogen-bond acceptors (Lipinski definition) is 4. The van der Waals surface area contributed by atoms with E-state index < -0.39 is 6.09 Å². The Bertz CT molecular complexity index is 704. The van der Waals surface area contributed by atoms with Crippen LogP contribution in [0.1, 0.15) is 37.5 Å². The molecular formula is C20H25N3O2. The summed E-state index contributed by atoms with van der Waals surface area (Å²) in [5.41, 5.74) is 2.71. The molecule has 0 saturated heterocycles. The van der Waals surface area contributed by atoms with Crippen molar-refractivity contribution in [2.45, 2.75) is 39.5 Å². The molecule has 0 bridgehead atoms. The van der Waals surface area contributed by atoms with Gasteiger partial charge in [0.15, 0.2) is 0 Å². The third-order valence-corrected chi connectivity index (χ3v) is 3.51. The van der Waals surface area contributed by atoms with Gasteiger partial charge >= 0.3 is 6.09 Å². The fourth-order valence-corrected chi connectivity index (χ4v) is 2.09. The maximum Gasteiger partial charge on any atom is 0.413 e. The first-order chi connectivity index (χ1) is 11.8. The largest absolute Gasteiger partial charge is 0.444 e. The second kappa shape index (κ2) is 8.44. The van der Waals surface area contributed by atoms with Crippen molar-refractivity contribution >= 4 is 11.9 Å². The molecule has 3 N–H and O–H groups in total. The number of carbonyl (C=O) groups is 1. The second-order valence-corrected chi connectivity index (χ2v) is 6.86. The Balaban J connectivity index is 1.82. The lowest BCUT2D eigenvalue weighted by Gasteiger charge is -2.20. The molecule has 2 aromatic carbocycles. The van der Waals surface area contributed by atoms with Crippen LogP contribution >= 0.6 is 0 Å². The van der Waals surface area contributed by atoms with Crippen molar-refractivity contribution < 1.29 is 9.53 Å². The molecule has 25 heavy (non-hydrogen) atoms. The van der Waals surface area contributed by atoms with Gasteiger partial charge in [0, 0.05) is 17.6 Å². The molecule has 0 spiro atoms. The number of alkyl carbamates (subject to hydrolysis) is 1. The van der Waals surface area contributed by atoms with E-state index in [2.05, 4.69) is 31.4 Å². The highest BCUT2D eigenvalue weighted by Crippen LogP contribution is 2.07. The van der Waals surface area contributed by atoms with E-state index >= 15 is 0 Å². The molecule has 0 fully saturated rings. The van der Waals surface area contributed by atoms with Crippen molar-refractivity contribution in [3.05, 3.63) is 71.3 Å². The lowest BCUT2D eigenvalue weighted by atomic mass is 10.1. The lowest BCUT2D eigenvalue weighted by molar-refractivity contribution is 0.145. The van der Waals surface area contributed by atoms with Crippen LogP contribution in [0.25, 0.3) is 0 Å². The molecule has 5 heteroatoms. The summed E-state index contributed by atoms with van der Waals surface area (Å²) in [5, 5.41) is 13.8. The smallest absolute Gasteiger partial charge is 0.413 e. The minimum Gasteiger partial charge on any atom is -0.444 e. The molecule has 2 aromatic rings. The third-order valence-electron chi connectivity index (χ3n) is 3.51. The predicted octanol–water partition coefficient (Wildman–Crippen LogP) is 3.83. The van der Waals surface area contributed by atoms with Gasteiger partial charge < -0.3 is 10.1 Å². The number of rotatable bonds is 5. The topological polar surface area (TPSA) is 74.2 Å². The van der Waals surface area contributed by atoms with Gasteiger partial charge in [-0.2, -0.15) is 0 Å². The van der Waals surface area contributed by atoms with Crippen LogP contribution in [0, 0.1) is 5.41 Å². The molecule has 5 nitrogen and oxygen atoms in total. The Morgan fingerprint density at radius 3 is 2.24 bits per heavy atom. The Morgan fingerprint density at radius 1 is 1.00 bits per heavy atom. The molecule has 0 aliphatic carbocycles. The fourth-order valence-electron chi connectivity index (χ4n) is 2.09. The summed E-state index contributed by atoms with van der Waals surface area (Å²) < 4.78 is 5.12. The minimum absolute atomic E-state index is 0.0217. The number of hydrogen-bond donors (Lipinski definition) is 3. The highest BCUT2D eigenvalue weighted by molar-refractivity contribution is 6.04. The standard InChI is InChI=1S/C20H25N3O2/c1-20(2,3)22-13-15-9-11-17(12-10-15)18(21)23-19(24)25-14-16-7-5-4-6-8-16/h4-12,22H,13-14H2,1-3H3,(H2,21,23,24). The molecule has 0 radical (unpaired) electrons. The van der Waals surface area contributed by atoms with E-state index in [1.54, 1.807) is 0 Å². The summed E-state index contributed by atoms with van der Waals surface area (Å²) in [5.74, 6) is 0.0217. The average Bonchev–Trinajstić information content (AvgIpc) is 2.59. The van der Waals surface area contributed by atoms with E-state index in [1.807, 2.05) is 54.6 Å². The Kier molecular flexibility index (Phi) is 6.31. The van der Waals surface area contributed by atoms with Crippen molar-refractivity contribution in [2.75, 3.05) is 0 Å². The molecule has 0 aliphatic rings. The summed E-state index contributed by atoms with van der Waals surface area (Å²) in [4.78, 5) is 11.8. The molecule has 0 atom stereocenters. The number of amides is 1. The van der Waals surface area contributed by atoms with Gasteiger partial charge in [0.1, 0.15) is 12.4 Å². The molecule has 0 heterocycles. The van der Waals surface area contributed by atoms with Crippen LogP contribution in [0.4, 0.5) is 4.79 Å². The lowest BCUT2D eigenvalue weighted by Crippen LogP contribution is -2.35. The van der Waals surface area contributed by atoms with Gasteiger partial charge in [0.2, 0.25) is 0 Å². The van der Waals surface area contributed by atoms with Gasteiger partial charge in [-0.1, -0.05) is 54.6 Å². The summed E-state index contributed by atoms with van der Waals surface area (Å²) in [6, 6.07) is 17.0. The normalized spacial score (nSPS) is 11.0. The summed E-state index contributed by atoms with van der Waals surface area (Å²) in [6.07, 6.45) is -0.632. The maximum absolute atomic E-state index is 11.8. The van der Waals surface area contributed by atoms with Crippen LogP contribution in [-0.2, 0) is 17.9 Å². The molecule has 0 aromatic heterocycles. The van der Waals surface area contributed by atoms with Crippen molar-refractivity contribution in [3.63, 3.8) is 0 Å². The van der Waals surface area contributed by atoms with Gasteiger partial charge in [0.05, 0.1) is 0 Å². The molecular weight excluding hydrogens is 314 g/mol. The van der Waals surface area contributed by atoms with Gasteiger partial charge in [-0.25, -0.2) is 4.79 Å². The molecule has 132 valence electrons. The highest BCUT2D eigenvalue weighted by Gasteiger charge is 2.10. The number of benzene rings is 2. The van der Waals surface area contributed by atoms with E-state index in [1.165, 1.54) is 0 Å². The Hall–Kier alpha value is -2.66. The minimum atomic E-state index is -0.632. The van der Waals surface area contributed by atoms with Crippen LogP contribution in [0.15, 0.2) is 54.6 Å². The maximum atomic E-state index is 11.8. The van der Waals surface area contributed by atoms with Crippen molar-refractivity contribution in [1.82, 2.24) is 10.6 Å². The van der Waals surface area contributed by atoms with Crippen LogP contribution in [0.5, 0.6) is 0 Å². The zero-order valence-corrected chi connectivity index (χ0v) is 14.9. The van der Waals surface area contributed by atoms with Crippen molar-refractivity contribution in [1.29, 1.82) is 5.41 Å². The SMILES string of the molecule is CC(C)(C)NCc1ccc(C(=N)NC(=O)OCc2ccccc2)cc1. The zero-order chi connectivity index (χ0) is 18.3. The highest BCUT2D eigenvalue weighted by atomic mass is 16.5. The van der Waals surface area contributed by atoms with Gasteiger partial charge in [-0.15, -0.1) is 0 Å². The van der Waals surface area contributed by atoms with Crippen LogP contribution in [0.2, 0.25) is 0 Å². The molecule has 0 aliphatic heterocycles. The fraction of sp³-hybridized carbons (Fsp3) is 0.300. The number of nitrogens with one attached hydrogen (secondary N) is 3. The quantitative estimate of drug-likeness (QED) is 0.572. The van der Waals surface area contributed by atoms with Gasteiger partial charge in [0.25, 0.3) is 0 Å². The van der Waals surface area contributed by atoms with E-state index in [9.17, 15) is 4.79 Å². The molecule has 0 saturated carbocycles. The zero-order valence-electron chi connectivity index (χ0n) is 14.9. The number of carbonyl (C=O) groups excluding carboxylic acids is 1. The van der Waals surface area contributed by atoms with Crippen LogP contribution in [-0.4, -0.2) is 17.5 Å². The van der Waals surface area contributed by atoms with Crippen molar-refractivity contribution in [2.24, 2.45) is 0 Å². The van der Waals surface area contributed by atoms with E-state index in [4.69, 9.17) is 10.1 Å². The van der Waals surface area contributed by atoms with Crippen LogP contribution in [0.3, 0.4) is 0 Å². The molecule has 0 unspecified atom stereocenters. The Morgan fingerprint density at radius 2 is 1.64 bits per heavy atom. The monoisotopic (exact) mass is 339 g/mol. The molecule has 1 amide bonds. The van der Waals surface area contributed by atoms with E-state index in [0.717, 1.165) is 17.7 Å². The summed E-state index contributed by atoms with van der Waals surface area (Å²) in [7, 11) is 0. The third kappa shape index (κ3) is 6.77. The number of ether oxygens (including phenoxy) is 1. The Labute approximate surface area is 148 Å². The second-order valence-electron chi connectivity index (χ2n) is 6.86. The van der Waals surface area contributed by atoms with Crippen molar-refractivity contribution in [3.8, 4) is 0 Å². The van der Waals surface area contributed by atoms with E-state index in [0.29, 0.717) is 5.56 Å². The van der Waals surface area contributed by atoms with E-state index in [-0.39, 0.29) is 18.0 Å². The van der Waals surface area contributed by atoms with Gasteiger partial charge in [-0.05, 0) is 31.9 Å². The first-order valence-corrected chi connectivity index (χ1v) is 8.24. The molecule has 2 rings (SSSR count). The average molecular weight is 339 g/mol. The first-order valence-electron chi connectivity index (χ1n) is 8.24. The predicted molar refractivity (Wildman–Crippen MR) is 99.6 cm³/mol. The summed E-state index contributed by atoms with van der Waals surface area (Å²) >= 11 is 0. The summed E-state index contributed by atoms with van der Waals surface area (Å²) in [6.45, 7) is 7.27. The number of amidine groups is 1. The van der Waals surface area contributed by atoms with Gasteiger partial charge in [-0.3, -0.25) is 10.7 Å².